The fourth-order valence-electron chi connectivity index (χ4n) is 3.10. The molecule has 34 heavy (non-hydrogen) atoms. The fourth-order valence-corrected chi connectivity index (χ4v) is 4.43. The topological polar surface area (TPSA) is 126 Å². The van der Waals surface area contributed by atoms with Crippen LogP contribution in [0, 0.1) is 13.8 Å². The standard InChI is InChI=1S/C24H26N4O5S/c1-16-5-4-6-19(13-16)27-24(30)25-15-23(29)26-20-8-7-17(2)22(14-20)34(31,32)28-18-9-11-21(33-3)12-10-18/h4-14,28H,15H2,1-3H3,(H,26,29)(H2,25,27,30). The minimum atomic E-state index is -3.91. The summed E-state index contributed by atoms with van der Waals surface area (Å²) in [4.78, 5) is 24.3. The number of hydrogen-bond acceptors (Lipinski definition) is 5. The predicted octanol–water partition coefficient (Wildman–Crippen LogP) is 3.87. The van der Waals surface area contributed by atoms with Gasteiger partial charge >= 0.3 is 6.03 Å². The second-order valence-corrected chi connectivity index (χ2v) is 9.19. The largest absolute Gasteiger partial charge is 0.497 e. The third-order valence-electron chi connectivity index (χ3n) is 4.79. The van der Waals surface area contributed by atoms with Crippen LogP contribution in [0.3, 0.4) is 0 Å². The number of benzene rings is 3. The summed E-state index contributed by atoms with van der Waals surface area (Å²) in [7, 11) is -2.39. The van der Waals surface area contributed by atoms with Crippen molar-refractivity contribution in [2.75, 3.05) is 29.0 Å². The fraction of sp³-hybridized carbons (Fsp3) is 0.167. The molecule has 0 fully saturated rings. The van der Waals surface area contributed by atoms with Crippen molar-refractivity contribution in [2.24, 2.45) is 0 Å². The van der Waals surface area contributed by atoms with Gasteiger partial charge in [0, 0.05) is 17.1 Å². The summed E-state index contributed by atoms with van der Waals surface area (Å²) in [6.07, 6.45) is 0. The highest BCUT2D eigenvalue weighted by molar-refractivity contribution is 7.92. The Bertz CT molecular complexity index is 1290. The van der Waals surface area contributed by atoms with Gasteiger partial charge in [-0.3, -0.25) is 9.52 Å². The molecule has 0 spiro atoms. The van der Waals surface area contributed by atoms with Crippen LogP contribution in [0.1, 0.15) is 11.1 Å². The van der Waals surface area contributed by atoms with Crippen LogP contribution in [0.4, 0.5) is 21.9 Å². The molecule has 0 radical (unpaired) electrons. The molecule has 0 aromatic heterocycles. The summed E-state index contributed by atoms with van der Waals surface area (Å²) >= 11 is 0. The molecule has 10 heteroatoms. The SMILES string of the molecule is COc1ccc(NS(=O)(=O)c2cc(NC(=O)CNC(=O)Nc3cccc(C)c3)ccc2C)cc1. The summed E-state index contributed by atoms with van der Waals surface area (Å²) in [6.45, 7) is 3.27. The van der Waals surface area contributed by atoms with Crippen LogP contribution in [-0.2, 0) is 14.8 Å². The van der Waals surface area contributed by atoms with Crippen LogP contribution in [0.15, 0.2) is 71.6 Å². The van der Waals surface area contributed by atoms with Crippen molar-refractivity contribution in [2.45, 2.75) is 18.7 Å². The first kappa shape index (κ1) is 24.6. The second-order valence-electron chi connectivity index (χ2n) is 7.54. The number of rotatable bonds is 8. The normalized spacial score (nSPS) is 10.8. The molecule has 0 saturated heterocycles. The summed E-state index contributed by atoms with van der Waals surface area (Å²) in [5.41, 5.74) is 2.76. The summed E-state index contributed by atoms with van der Waals surface area (Å²) in [5.74, 6) is 0.0970. The molecule has 0 heterocycles. The Hall–Kier alpha value is -4.05. The van der Waals surface area contributed by atoms with Crippen molar-refractivity contribution in [3.63, 3.8) is 0 Å². The van der Waals surface area contributed by atoms with Crippen LogP contribution in [0.5, 0.6) is 5.75 Å². The molecular weight excluding hydrogens is 456 g/mol. The van der Waals surface area contributed by atoms with Gasteiger partial charge in [-0.15, -0.1) is 0 Å². The van der Waals surface area contributed by atoms with Crippen molar-refractivity contribution in [3.8, 4) is 5.75 Å². The molecule has 0 atom stereocenters. The molecule has 0 saturated carbocycles. The number of sulfonamides is 1. The number of aryl methyl sites for hydroxylation is 2. The molecule has 0 bridgehead atoms. The van der Waals surface area contributed by atoms with E-state index in [0.29, 0.717) is 22.7 Å². The van der Waals surface area contributed by atoms with Crippen molar-refractivity contribution >= 4 is 39.0 Å². The maximum absolute atomic E-state index is 12.9. The average Bonchev–Trinajstić information content (AvgIpc) is 2.79. The second kappa shape index (κ2) is 10.7. The van der Waals surface area contributed by atoms with Crippen molar-refractivity contribution in [1.82, 2.24) is 5.32 Å². The summed E-state index contributed by atoms with van der Waals surface area (Å²) in [5, 5.41) is 7.71. The van der Waals surface area contributed by atoms with Gasteiger partial charge in [-0.25, -0.2) is 13.2 Å². The Morgan fingerprint density at radius 1 is 0.853 bits per heavy atom. The highest BCUT2D eigenvalue weighted by Crippen LogP contribution is 2.24. The van der Waals surface area contributed by atoms with E-state index >= 15 is 0 Å². The van der Waals surface area contributed by atoms with Gasteiger partial charge in [-0.2, -0.15) is 0 Å². The van der Waals surface area contributed by atoms with Gasteiger partial charge < -0.3 is 20.7 Å². The molecule has 0 aliphatic heterocycles. The van der Waals surface area contributed by atoms with Gasteiger partial charge in [0.2, 0.25) is 5.91 Å². The number of methoxy groups -OCH3 is 1. The van der Waals surface area contributed by atoms with Crippen molar-refractivity contribution < 1.29 is 22.7 Å². The lowest BCUT2D eigenvalue weighted by atomic mass is 10.2. The zero-order chi connectivity index (χ0) is 24.7. The lowest BCUT2D eigenvalue weighted by Gasteiger charge is -2.13. The zero-order valence-electron chi connectivity index (χ0n) is 19.0. The molecule has 3 amide bonds. The summed E-state index contributed by atoms with van der Waals surface area (Å²) < 4.78 is 33.4. The van der Waals surface area contributed by atoms with Crippen LogP contribution in [0.2, 0.25) is 0 Å². The van der Waals surface area contributed by atoms with Crippen LogP contribution in [0.25, 0.3) is 0 Å². The van der Waals surface area contributed by atoms with Gasteiger partial charge in [0.25, 0.3) is 10.0 Å². The number of urea groups is 1. The van der Waals surface area contributed by atoms with Crippen molar-refractivity contribution in [3.05, 3.63) is 77.9 Å². The maximum Gasteiger partial charge on any atom is 0.319 e. The maximum atomic E-state index is 12.9. The minimum Gasteiger partial charge on any atom is -0.497 e. The minimum absolute atomic E-state index is 0.0197. The highest BCUT2D eigenvalue weighted by atomic mass is 32.2. The molecular formula is C24H26N4O5S. The van der Waals surface area contributed by atoms with Crippen LogP contribution < -0.4 is 25.4 Å². The van der Waals surface area contributed by atoms with E-state index in [0.717, 1.165) is 5.56 Å². The van der Waals surface area contributed by atoms with E-state index in [1.807, 2.05) is 19.1 Å². The third-order valence-corrected chi connectivity index (χ3v) is 6.31. The number of carbonyl (C=O) groups is 2. The lowest BCUT2D eigenvalue weighted by Crippen LogP contribution is -2.35. The first-order valence-electron chi connectivity index (χ1n) is 10.4. The van der Waals surface area contributed by atoms with E-state index in [1.54, 1.807) is 55.5 Å². The van der Waals surface area contributed by atoms with E-state index in [-0.39, 0.29) is 17.1 Å². The molecule has 3 aromatic carbocycles. The Kier molecular flexibility index (Phi) is 7.75. The average molecular weight is 483 g/mol. The summed E-state index contributed by atoms with van der Waals surface area (Å²) in [6, 6.07) is 17.7. The number of carbonyl (C=O) groups excluding carboxylic acids is 2. The van der Waals surface area contributed by atoms with Gasteiger partial charge in [-0.1, -0.05) is 18.2 Å². The Labute approximate surface area is 198 Å². The molecule has 0 unspecified atom stereocenters. The van der Waals surface area contributed by atoms with Gasteiger partial charge in [0.1, 0.15) is 5.75 Å². The quantitative estimate of drug-likeness (QED) is 0.388. The van der Waals surface area contributed by atoms with E-state index < -0.39 is 22.0 Å². The Morgan fingerprint density at radius 3 is 2.21 bits per heavy atom. The van der Waals surface area contributed by atoms with Crippen LogP contribution >= 0.6 is 0 Å². The Balaban J connectivity index is 1.62. The number of amides is 3. The monoisotopic (exact) mass is 482 g/mol. The molecule has 9 nitrogen and oxygen atoms in total. The van der Waals surface area contributed by atoms with Gasteiger partial charge in [0.05, 0.1) is 18.6 Å². The number of anilines is 3. The van der Waals surface area contributed by atoms with Gasteiger partial charge in [0.15, 0.2) is 0 Å². The molecule has 3 aromatic rings. The number of nitrogens with one attached hydrogen (secondary N) is 4. The smallest absolute Gasteiger partial charge is 0.319 e. The number of ether oxygens (including phenoxy) is 1. The third kappa shape index (κ3) is 6.72. The van der Waals surface area contributed by atoms with Gasteiger partial charge in [-0.05, 0) is 73.5 Å². The molecule has 178 valence electrons. The molecule has 4 N–H and O–H groups in total. The van der Waals surface area contributed by atoms with E-state index in [9.17, 15) is 18.0 Å². The molecule has 3 rings (SSSR count). The first-order valence-corrected chi connectivity index (χ1v) is 11.8. The zero-order valence-corrected chi connectivity index (χ0v) is 19.8. The molecule has 0 aliphatic carbocycles. The predicted molar refractivity (Wildman–Crippen MR) is 132 cm³/mol. The Morgan fingerprint density at radius 2 is 1.53 bits per heavy atom. The van der Waals surface area contributed by atoms with E-state index in [4.69, 9.17) is 4.74 Å². The lowest BCUT2D eigenvalue weighted by molar-refractivity contribution is -0.115. The first-order chi connectivity index (χ1) is 16.2. The van der Waals surface area contributed by atoms with E-state index in [2.05, 4.69) is 20.7 Å². The highest BCUT2D eigenvalue weighted by Gasteiger charge is 2.18. The molecule has 0 aliphatic rings. The van der Waals surface area contributed by atoms with Crippen molar-refractivity contribution in [1.29, 1.82) is 0 Å². The number of hydrogen-bond donors (Lipinski definition) is 4. The van der Waals surface area contributed by atoms with Crippen LogP contribution in [-0.4, -0.2) is 34.0 Å². The van der Waals surface area contributed by atoms with E-state index in [1.165, 1.54) is 13.2 Å².